The predicted molar refractivity (Wildman–Crippen MR) is 121 cm³/mol. The van der Waals surface area contributed by atoms with Crippen LogP contribution in [0.1, 0.15) is 6.92 Å². The highest BCUT2D eigenvalue weighted by Crippen LogP contribution is 2.37. The lowest BCUT2D eigenvalue weighted by Crippen LogP contribution is -2.36. The van der Waals surface area contributed by atoms with Gasteiger partial charge in [-0.05, 0) is 55.5 Å². The standard InChI is InChI=1S/C21H22N4O5S/c1-14-20(26)24(18-8-7-17(29-2)13-19(18)25(27)28)21(31)23(14)16-5-3-15(4-6-16)22-9-11-30-12-10-22/h3-8,13-14H,9-12H2,1-2H3. The van der Waals surface area contributed by atoms with Gasteiger partial charge in [-0.1, -0.05) is 0 Å². The molecule has 0 bridgehead atoms. The third-order valence-electron chi connectivity index (χ3n) is 5.49. The minimum absolute atomic E-state index is 0.125. The highest BCUT2D eigenvalue weighted by Gasteiger charge is 2.43. The first-order valence-electron chi connectivity index (χ1n) is 9.84. The molecule has 0 spiro atoms. The van der Waals surface area contributed by atoms with E-state index in [1.165, 1.54) is 24.1 Å². The molecule has 9 nitrogen and oxygen atoms in total. The van der Waals surface area contributed by atoms with Gasteiger partial charge in [0.2, 0.25) is 0 Å². The Morgan fingerprint density at radius 2 is 1.77 bits per heavy atom. The molecule has 2 aromatic carbocycles. The number of ether oxygens (including phenoxy) is 2. The highest BCUT2D eigenvalue weighted by molar-refractivity contribution is 7.81. The van der Waals surface area contributed by atoms with Crippen LogP contribution in [0.15, 0.2) is 42.5 Å². The topological polar surface area (TPSA) is 88.4 Å². The van der Waals surface area contributed by atoms with Crippen molar-refractivity contribution in [2.45, 2.75) is 13.0 Å². The van der Waals surface area contributed by atoms with Crippen molar-refractivity contribution in [3.05, 3.63) is 52.6 Å². The average molecular weight is 442 g/mol. The predicted octanol–water partition coefficient (Wildman–Crippen LogP) is 2.97. The molecule has 2 aliphatic heterocycles. The van der Waals surface area contributed by atoms with Gasteiger partial charge in [0.15, 0.2) is 5.11 Å². The number of nitrogens with zero attached hydrogens (tertiary/aromatic N) is 4. The SMILES string of the molecule is COc1ccc(N2C(=O)C(C)N(c3ccc(N4CCOCC4)cc3)C2=S)c([N+](=O)[O-])c1. The van der Waals surface area contributed by atoms with Crippen molar-refractivity contribution in [1.29, 1.82) is 0 Å². The van der Waals surface area contributed by atoms with Crippen molar-refractivity contribution >= 4 is 46.0 Å². The molecule has 1 amide bonds. The number of nitro groups is 1. The van der Waals surface area contributed by atoms with Crippen LogP contribution in [0.5, 0.6) is 5.75 Å². The number of methoxy groups -OCH3 is 1. The third kappa shape index (κ3) is 3.79. The van der Waals surface area contributed by atoms with Crippen LogP contribution in [0.2, 0.25) is 0 Å². The summed E-state index contributed by atoms with van der Waals surface area (Å²) in [7, 11) is 1.43. The van der Waals surface area contributed by atoms with Crippen LogP contribution >= 0.6 is 12.2 Å². The van der Waals surface area contributed by atoms with Crippen molar-refractivity contribution in [2.24, 2.45) is 0 Å². The number of morpholine rings is 1. The van der Waals surface area contributed by atoms with Gasteiger partial charge in [0.1, 0.15) is 17.5 Å². The third-order valence-corrected chi connectivity index (χ3v) is 5.87. The zero-order chi connectivity index (χ0) is 22.1. The van der Waals surface area contributed by atoms with E-state index in [0.29, 0.717) is 19.0 Å². The summed E-state index contributed by atoms with van der Waals surface area (Å²) >= 11 is 5.60. The quantitative estimate of drug-likeness (QED) is 0.397. The van der Waals surface area contributed by atoms with E-state index in [-0.39, 0.29) is 22.4 Å². The zero-order valence-corrected chi connectivity index (χ0v) is 18.0. The van der Waals surface area contributed by atoms with Gasteiger partial charge in [-0.2, -0.15) is 0 Å². The number of carbonyl (C=O) groups is 1. The molecule has 2 saturated heterocycles. The van der Waals surface area contributed by atoms with Gasteiger partial charge in [-0.15, -0.1) is 0 Å². The van der Waals surface area contributed by atoms with E-state index in [1.807, 2.05) is 24.3 Å². The Morgan fingerprint density at radius 3 is 2.39 bits per heavy atom. The van der Waals surface area contributed by atoms with Crippen LogP contribution in [0.3, 0.4) is 0 Å². The number of anilines is 3. The largest absolute Gasteiger partial charge is 0.496 e. The number of benzene rings is 2. The summed E-state index contributed by atoms with van der Waals surface area (Å²) in [5.74, 6) is 0.00661. The Balaban J connectivity index is 1.64. The molecule has 10 heteroatoms. The van der Waals surface area contributed by atoms with Crippen LogP contribution in [0.25, 0.3) is 0 Å². The number of amides is 1. The molecule has 31 heavy (non-hydrogen) atoms. The fourth-order valence-electron chi connectivity index (χ4n) is 3.83. The van der Waals surface area contributed by atoms with Crippen LogP contribution in [0.4, 0.5) is 22.7 Å². The first-order valence-corrected chi connectivity index (χ1v) is 10.3. The molecular weight excluding hydrogens is 420 g/mol. The minimum atomic E-state index is -0.594. The smallest absolute Gasteiger partial charge is 0.297 e. The molecular formula is C21H22N4O5S. The molecule has 2 heterocycles. The fraction of sp³-hybridized carbons (Fsp3) is 0.333. The molecule has 4 rings (SSSR count). The van der Waals surface area contributed by atoms with Gasteiger partial charge in [-0.25, -0.2) is 4.90 Å². The van der Waals surface area contributed by atoms with Crippen molar-refractivity contribution in [1.82, 2.24) is 0 Å². The maximum Gasteiger partial charge on any atom is 0.297 e. The van der Waals surface area contributed by atoms with Crippen molar-refractivity contribution in [3.8, 4) is 5.75 Å². The second-order valence-corrected chi connectivity index (χ2v) is 7.59. The fourth-order valence-corrected chi connectivity index (χ4v) is 4.28. The molecule has 1 atom stereocenters. The summed E-state index contributed by atoms with van der Waals surface area (Å²) < 4.78 is 10.5. The van der Waals surface area contributed by atoms with E-state index in [9.17, 15) is 14.9 Å². The summed E-state index contributed by atoms with van der Waals surface area (Å²) in [5.41, 5.74) is 1.70. The van der Waals surface area contributed by atoms with E-state index in [0.717, 1.165) is 24.5 Å². The van der Waals surface area contributed by atoms with Crippen molar-refractivity contribution in [3.63, 3.8) is 0 Å². The van der Waals surface area contributed by atoms with E-state index >= 15 is 0 Å². The van der Waals surface area contributed by atoms with Crippen LogP contribution in [-0.2, 0) is 9.53 Å². The number of thiocarbonyl (C=S) groups is 1. The van der Waals surface area contributed by atoms with Gasteiger partial charge in [0.25, 0.3) is 11.6 Å². The maximum atomic E-state index is 13.1. The second kappa shape index (κ2) is 8.48. The highest BCUT2D eigenvalue weighted by atomic mass is 32.1. The first kappa shape index (κ1) is 21.0. The maximum absolute atomic E-state index is 13.1. The Hall–Kier alpha value is -3.24. The molecule has 2 aromatic rings. The molecule has 0 aromatic heterocycles. The number of carbonyl (C=O) groups excluding carboxylic acids is 1. The summed E-state index contributed by atoms with van der Waals surface area (Å²) in [4.78, 5) is 29.3. The molecule has 0 saturated carbocycles. The lowest BCUT2D eigenvalue weighted by atomic mass is 10.2. The molecule has 0 N–H and O–H groups in total. The van der Waals surface area contributed by atoms with E-state index in [4.69, 9.17) is 21.7 Å². The molecule has 2 aliphatic rings. The van der Waals surface area contributed by atoms with Gasteiger partial charge < -0.3 is 19.3 Å². The van der Waals surface area contributed by atoms with E-state index in [2.05, 4.69) is 4.90 Å². The van der Waals surface area contributed by atoms with Gasteiger partial charge >= 0.3 is 0 Å². The Morgan fingerprint density at radius 1 is 1.13 bits per heavy atom. The van der Waals surface area contributed by atoms with Crippen molar-refractivity contribution < 1.29 is 19.2 Å². The van der Waals surface area contributed by atoms with Crippen molar-refractivity contribution in [2.75, 3.05) is 48.1 Å². The Bertz CT molecular complexity index is 1020. The lowest BCUT2D eigenvalue weighted by Gasteiger charge is -2.29. The molecule has 0 radical (unpaired) electrons. The van der Waals surface area contributed by atoms with Gasteiger partial charge in [0, 0.05) is 24.5 Å². The average Bonchev–Trinajstić information content (AvgIpc) is 3.02. The van der Waals surface area contributed by atoms with Gasteiger partial charge in [0.05, 0.1) is 31.3 Å². The summed E-state index contributed by atoms with van der Waals surface area (Å²) in [6.07, 6.45) is 0. The Kier molecular flexibility index (Phi) is 5.75. The molecule has 2 fully saturated rings. The van der Waals surface area contributed by atoms with E-state index in [1.54, 1.807) is 17.9 Å². The first-order chi connectivity index (χ1) is 14.9. The number of hydrogen-bond donors (Lipinski definition) is 0. The zero-order valence-electron chi connectivity index (χ0n) is 17.2. The van der Waals surface area contributed by atoms with E-state index < -0.39 is 11.0 Å². The second-order valence-electron chi connectivity index (χ2n) is 7.23. The molecule has 162 valence electrons. The summed E-state index contributed by atoms with van der Waals surface area (Å²) in [6, 6.07) is 11.5. The monoisotopic (exact) mass is 442 g/mol. The number of hydrogen-bond acceptors (Lipinski definition) is 7. The van der Waals surface area contributed by atoms with Crippen LogP contribution < -0.4 is 19.4 Å². The minimum Gasteiger partial charge on any atom is -0.496 e. The molecule has 0 aliphatic carbocycles. The van der Waals surface area contributed by atoms with Crippen LogP contribution in [0, 0.1) is 10.1 Å². The lowest BCUT2D eigenvalue weighted by molar-refractivity contribution is -0.384. The Labute approximate surface area is 184 Å². The molecule has 1 unspecified atom stereocenters. The van der Waals surface area contributed by atoms with Gasteiger partial charge in [-0.3, -0.25) is 14.9 Å². The number of rotatable bonds is 5. The summed E-state index contributed by atoms with van der Waals surface area (Å²) in [5, 5.41) is 11.8. The number of nitro benzene ring substituents is 1. The normalized spacial score (nSPS) is 19.2. The van der Waals surface area contributed by atoms with Crippen LogP contribution in [-0.4, -0.2) is 55.4 Å². The summed E-state index contributed by atoms with van der Waals surface area (Å²) in [6.45, 7) is 4.77.